The minimum absolute atomic E-state index is 0.0174. The Morgan fingerprint density at radius 1 is 1.61 bits per heavy atom. The molecule has 98 valence electrons. The van der Waals surface area contributed by atoms with E-state index in [4.69, 9.17) is 0 Å². The highest BCUT2D eigenvalue weighted by Crippen LogP contribution is 2.20. The number of hydrogen-bond donors (Lipinski definition) is 3. The average Bonchev–Trinajstić information content (AvgIpc) is 2.34. The molecule has 1 fully saturated rings. The number of anilines is 1. The number of aromatic hydroxyl groups is 1. The first kappa shape index (κ1) is 13.2. The maximum atomic E-state index is 11.9. The molecule has 1 aliphatic heterocycles. The number of phenolic OH excluding ortho intramolecular Hbond substituents is 1. The predicted octanol–water partition coefficient (Wildman–Crippen LogP) is 1.73. The van der Waals surface area contributed by atoms with Gasteiger partial charge in [0.05, 0.1) is 0 Å². The van der Waals surface area contributed by atoms with Gasteiger partial charge in [0.15, 0.2) is 0 Å². The third-order valence-corrected chi connectivity index (χ3v) is 4.05. The molecule has 1 aromatic carbocycles. The molecule has 0 bridgehead atoms. The van der Waals surface area contributed by atoms with Gasteiger partial charge in [-0.05, 0) is 30.7 Å². The van der Waals surface area contributed by atoms with Crippen LogP contribution >= 0.6 is 11.8 Å². The Morgan fingerprint density at radius 3 is 3.11 bits per heavy atom. The first-order valence-electron chi connectivity index (χ1n) is 6.06. The van der Waals surface area contributed by atoms with Crippen molar-refractivity contribution in [1.29, 1.82) is 0 Å². The molecule has 1 atom stereocenters. The van der Waals surface area contributed by atoms with Crippen molar-refractivity contribution in [2.45, 2.75) is 19.4 Å². The summed E-state index contributed by atoms with van der Waals surface area (Å²) in [5, 5.41) is 15.5. The topological polar surface area (TPSA) is 61.4 Å². The summed E-state index contributed by atoms with van der Waals surface area (Å²) in [4.78, 5) is 11.9. The second kappa shape index (κ2) is 6.11. The van der Waals surface area contributed by atoms with E-state index in [-0.39, 0.29) is 17.7 Å². The molecule has 0 aliphatic carbocycles. The normalized spacial score (nSPS) is 19.5. The van der Waals surface area contributed by atoms with Crippen molar-refractivity contribution < 1.29 is 9.90 Å². The molecule has 5 heteroatoms. The lowest BCUT2D eigenvalue weighted by molar-refractivity contribution is -0.116. The molecule has 1 amide bonds. The van der Waals surface area contributed by atoms with Gasteiger partial charge < -0.3 is 15.7 Å². The van der Waals surface area contributed by atoms with E-state index >= 15 is 0 Å². The SMILES string of the molecule is Cc1cc(O)ccc1NC(=O)CC1CSCCN1. The summed E-state index contributed by atoms with van der Waals surface area (Å²) in [5.41, 5.74) is 1.63. The summed E-state index contributed by atoms with van der Waals surface area (Å²) in [6, 6.07) is 5.22. The van der Waals surface area contributed by atoms with Gasteiger partial charge >= 0.3 is 0 Å². The number of aryl methyl sites for hydroxylation is 1. The largest absolute Gasteiger partial charge is 0.508 e. The molecule has 2 rings (SSSR count). The van der Waals surface area contributed by atoms with E-state index in [0.717, 1.165) is 29.3 Å². The van der Waals surface area contributed by atoms with Gasteiger partial charge in [-0.25, -0.2) is 0 Å². The molecule has 1 heterocycles. The Kier molecular flexibility index (Phi) is 4.49. The minimum Gasteiger partial charge on any atom is -0.508 e. The molecular formula is C13H18N2O2S. The molecule has 0 radical (unpaired) electrons. The van der Waals surface area contributed by atoms with Crippen molar-refractivity contribution in [1.82, 2.24) is 5.32 Å². The highest BCUT2D eigenvalue weighted by molar-refractivity contribution is 7.99. The summed E-state index contributed by atoms with van der Waals surface area (Å²) in [6.07, 6.45) is 0.493. The van der Waals surface area contributed by atoms with Crippen molar-refractivity contribution in [2.75, 3.05) is 23.4 Å². The number of hydrogen-bond acceptors (Lipinski definition) is 4. The zero-order chi connectivity index (χ0) is 13.0. The lowest BCUT2D eigenvalue weighted by Crippen LogP contribution is -2.39. The summed E-state index contributed by atoms with van der Waals surface area (Å²) < 4.78 is 0. The van der Waals surface area contributed by atoms with Gasteiger partial charge in [-0.2, -0.15) is 11.8 Å². The lowest BCUT2D eigenvalue weighted by Gasteiger charge is -2.22. The number of phenols is 1. The third kappa shape index (κ3) is 3.65. The zero-order valence-electron chi connectivity index (χ0n) is 10.4. The number of amides is 1. The van der Waals surface area contributed by atoms with Crippen LogP contribution in [0.25, 0.3) is 0 Å². The Morgan fingerprint density at radius 2 is 2.44 bits per heavy atom. The van der Waals surface area contributed by atoms with Crippen LogP contribution in [0.1, 0.15) is 12.0 Å². The molecule has 4 nitrogen and oxygen atoms in total. The fraction of sp³-hybridized carbons (Fsp3) is 0.462. The molecular weight excluding hydrogens is 248 g/mol. The first-order valence-corrected chi connectivity index (χ1v) is 7.21. The van der Waals surface area contributed by atoms with E-state index in [2.05, 4.69) is 10.6 Å². The van der Waals surface area contributed by atoms with Crippen molar-refractivity contribution in [3.8, 4) is 5.75 Å². The van der Waals surface area contributed by atoms with Crippen LogP contribution in [0.2, 0.25) is 0 Å². The Balaban J connectivity index is 1.90. The maximum absolute atomic E-state index is 11.9. The zero-order valence-corrected chi connectivity index (χ0v) is 11.2. The molecule has 0 aromatic heterocycles. The molecule has 0 spiro atoms. The standard InChI is InChI=1S/C13H18N2O2S/c1-9-6-11(16)2-3-12(9)15-13(17)7-10-8-18-5-4-14-10/h2-3,6,10,14,16H,4-5,7-8H2,1H3,(H,15,17). The number of benzene rings is 1. The molecule has 3 N–H and O–H groups in total. The van der Waals surface area contributed by atoms with Crippen molar-refractivity contribution in [3.63, 3.8) is 0 Å². The fourth-order valence-electron chi connectivity index (χ4n) is 1.96. The molecule has 0 saturated carbocycles. The highest BCUT2D eigenvalue weighted by atomic mass is 32.2. The minimum atomic E-state index is 0.0174. The number of nitrogens with one attached hydrogen (secondary N) is 2. The van der Waals surface area contributed by atoms with Crippen LogP contribution < -0.4 is 10.6 Å². The molecule has 1 aromatic rings. The highest BCUT2D eigenvalue weighted by Gasteiger charge is 2.17. The number of carbonyl (C=O) groups excluding carboxylic acids is 1. The van der Waals surface area contributed by atoms with Crippen molar-refractivity contribution >= 4 is 23.4 Å². The third-order valence-electron chi connectivity index (χ3n) is 2.91. The van der Waals surface area contributed by atoms with Crippen LogP contribution in [-0.4, -0.2) is 35.1 Å². The molecule has 1 unspecified atom stereocenters. The number of thioether (sulfide) groups is 1. The second-order valence-corrected chi connectivity index (χ2v) is 5.63. The fourth-order valence-corrected chi connectivity index (χ4v) is 2.91. The smallest absolute Gasteiger partial charge is 0.225 e. The van der Waals surface area contributed by atoms with Gasteiger partial charge in [-0.1, -0.05) is 0 Å². The summed E-state index contributed by atoms with van der Waals surface area (Å²) in [6.45, 7) is 2.84. The van der Waals surface area contributed by atoms with Gasteiger partial charge in [0.1, 0.15) is 5.75 Å². The van der Waals surface area contributed by atoms with Crippen LogP contribution in [0.5, 0.6) is 5.75 Å². The predicted molar refractivity (Wildman–Crippen MR) is 75.2 cm³/mol. The van der Waals surface area contributed by atoms with Crippen molar-refractivity contribution in [2.24, 2.45) is 0 Å². The van der Waals surface area contributed by atoms with Crippen LogP contribution in [0.4, 0.5) is 5.69 Å². The Bertz CT molecular complexity index is 431. The maximum Gasteiger partial charge on any atom is 0.225 e. The second-order valence-electron chi connectivity index (χ2n) is 4.48. The summed E-state index contributed by atoms with van der Waals surface area (Å²) in [7, 11) is 0. The Hall–Kier alpha value is -1.20. The monoisotopic (exact) mass is 266 g/mol. The van der Waals surface area contributed by atoms with E-state index in [9.17, 15) is 9.90 Å². The van der Waals surface area contributed by atoms with Gasteiger partial charge in [-0.15, -0.1) is 0 Å². The van der Waals surface area contributed by atoms with Crippen LogP contribution in [-0.2, 0) is 4.79 Å². The van der Waals surface area contributed by atoms with Crippen LogP contribution in [0, 0.1) is 6.92 Å². The van der Waals surface area contributed by atoms with E-state index in [1.54, 1.807) is 18.2 Å². The summed E-state index contributed by atoms with van der Waals surface area (Å²) in [5.74, 6) is 2.34. The van der Waals surface area contributed by atoms with Gasteiger partial charge in [0, 0.05) is 36.2 Å². The van der Waals surface area contributed by atoms with E-state index in [1.807, 2.05) is 18.7 Å². The van der Waals surface area contributed by atoms with Gasteiger partial charge in [0.25, 0.3) is 0 Å². The van der Waals surface area contributed by atoms with E-state index < -0.39 is 0 Å². The average molecular weight is 266 g/mol. The van der Waals surface area contributed by atoms with Gasteiger partial charge in [0.2, 0.25) is 5.91 Å². The first-order chi connectivity index (χ1) is 8.65. The molecule has 18 heavy (non-hydrogen) atoms. The lowest BCUT2D eigenvalue weighted by atomic mass is 10.1. The van der Waals surface area contributed by atoms with E-state index in [1.165, 1.54) is 0 Å². The van der Waals surface area contributed by atoms with Crippen LogP contribution in [0.3, 0.4) is 0 Å². The van der Waals surface area contributed by atoms with Crippen molar-refractivity contribution in [3.05, 3.63) is 23.8 Å². The Labute approximate surface area is 111 Å². The van der Waals surface area contributed by atoms with E-state index in [0.29, 0.717) is 6.42 Å². The van der Waals surface area contributed by atoms with Crippen LogP contribution in [0.15, 0.2) is 18.2 Å². The quantitative estimate of drug-likeness (QED) is 0.729. The number of carbonyl (C=O) groups is 1. The molecule has 1 saturated heterocycles. The number of rotatable bonds is 3. The summed E-state index contributed by atoms with van der Waals surface area (Å²) >= 11 is 1.88. The van der Waals surface area contributed by atoms with Gasteiger partial charge in [-0.3, -0.25) is 4.79 Å². The molecule has 1 aliphatic rings.